The maximum absolute atomic E-state index is 12.4. The molecule has 0 unspecified atom stereocenters. The molecule has 0 fully saturated rings. The maximum Gasteiger partial charge on any atom is 1.00 e. The van der Waals surface area contributed by atoms with Gasteiger partial charge in [0.1, 0.15) is 26.5 Å². The predicted molar refractivity (Wildman–Crippen MR) is 74.4 cm³/mol. The van der Waals surface area contributed by atoms with Gasteiger partial charge in [-0.25, -0.2) is 16.8 Å². The van der Waals surface area contributed by atoms with Crippen LogP contribution in [0.2, 0.25) is 0 Å². The molecule has 0 aliphatic heterocycles. The summed E-state index contributed by atoms with van der Waals surface area (Å²) in [5.41, 5.74) is 0.818. The number of aromatic hydroxyl groups is 2. The molecule has 7 nitrogen and oxygen atoms in total. The molecule has 0 aromatic heterocycles. The number of hydrogen-bond acceptors (Lipinski definition) is 7. The first kappa shape index (κ1) is 19.9. The molecular formula is C13H11NaO7S2. The SMILES string of the molecule is Cc1ccc(S(=O)(=O)c2cc(O)c(S(=O)(=O)[O-])cc2O)cc1.[Na+]. The summed E-state index contributed by atoms with van der Waals surface area (Å²) in [5.74, 6) is -1.98. The van der Waals surface area contributed by atoms with Crippen molar-refractivity contribution in [2.75, 3.05) is 0 Å². The van der Waals surface area contributed by atoms with E-state index in [1.54, 1.807) is 19.1 Å². The van der Waals surface area contributed by atoms with E-state index in [0.29, 0.717) is 12.1 Å². The molecule has 2 rings (SSSR count). The summed E-state index contributed by atoms with van der Waals surface area (Å²) in [4.78, 5) is -1.93. The fourth-order valence-corrected chi connectivity index (χ4v) is 3.72. The minimum absolute atomic E-state index is 0. The average Bonchev–Trinajstić information content (AvgIpc) is 2.40. The number of rotatable bonds is 3. The Bertz CT molecular complexity index is 933. The average molecular weight is 366 g/mol. The van der Waals surface area contributed by atoms with Crippen LogP contribution in [0.15, 0.2) is 51.1 Å². The smallest absolute Gasteiger partial charge is 0.744 e. The fraction of sp³-hybridized carbons (Fsp3) is 0.0769. The number of hydrogen-bond donors (Lipinski definition) is 2. The van der Waals surface area contributed by atoms with Crippen LogP contribution < -0.4 is 29.6 Å². The van der Waals surface area contributed by atoms with Crippen molar-refractivity contribution >= 4 is 20.0 Å². The van der Waals surface area contributed by atoms with Crippen molar-refractivity contribution < 1.29 is 61.2 Å². The molecule has 10 heteroatoms. The van der Waals surface area contributed by atoms with Crippen molar-refractivity contribution in [3.63, 3.8) is 0 Å². The van der Waals surface area contributed by atoms with E-state index in [2.05, 4.69) is 0 Å². The quantitative estimate of drug-likeness (QED) is 0.370. The molecule has 2 N–H and O–H groups in total. The van der Waals surface area contributed by atoms with Crippen molar-refractivity contribution in [2.45, 2.75) is 21.6 Å². The van der Waals surface area contributed by atoms with Gasteiger partial charge >= 0.3 is 29.6 Å². The van der Waals surface area contributed by atoms with E-state index < -0.39 is 41.2 Å². The molecule has 0 atom stereocenters. The molecular weight excluding hydrogens is 355 g/mol. The Labute approximate surface area is 155 Å². The zero-order valence-electron chi connectivity index (χ0n) is 12.2. The number of aryl methyl sites for hydroxylation is 1. The summed E-state index contributed by atoms with van der Waals surface area (Å²) < 4.78 is 57.5. The van der Waals surface area contributed by atoms with Gasteiger partial charge in [-0.2, -0.15) is 0 Å². The molecule has 0 heterocycles. The third kappa shape index (κ3) is 4.06. The van der Waals surface area contributed by atoms with Gasteiger partial charge in [-0.05, 0) is 19.1 Å². The third-order valence-corrected chi connectivity index (χ3v) is 5.60. The van der Waals surface area contributed by atoms with E-state index in [1.165, 1.54) is 12.1 Å². The van der Waals surface area contributed by atoms with Crippen molar-refractivity contribution in [1.82, 2.24) is 0 Å². The first-order valence-corrected chi connectivity index (χ1v) is 8.76. The molecule has 0 bridgehead atoms. The van der Waals surface area contributed by atoms with Crippen LogP contribution in [-0.4, -0.2) is 31.6 Å². The molecule has 0 spiro atoms. The Morgan fingerprint density at radius 3 is 1.78 bits per heavy atom. The third-order valence-electron chi connectivity index (χ3n) is 2.93. The standard InChI is InChI=1S/C13H12O7S2.Na/c1-8-2-4-9(5-3-8)21(16,17)12-6-11(15)13(7-10(12)14)22(18,19)20;/h2-7,14-15H,1H3,(H,18,19,20);/q;+1/p-1. The van der Waals surface area contributed by atoms with E-state index in [0.717, 1.165) is 5.56 Å². The van der Waals surface area contributed by atoms with Gasteiger partial charge in [-0.1, -0.05) is 17.7 Å². The molecule has 0 saturated carbocycles. The Hall–Kier alpha value is -1.10. The maximum atomic E-state index is 12.4. The van der Waals surface area contributed by atoms with Crippen LogP contribution >= 0.6 is 0 Å². The Morgan fingerprint density at radius 2 is 1.30 bits per heavy atom. The van der Waals surface area contributed by atoms with Gasteiger partial charge < -0.3 is 14.8 Å². The fourth-order valence-electron chi connectivity index (χ4n) is 1.80. The second-order valence-corrected chi connectivity index (χ2v) is 7.82. The van der Waals surface area contributed by atoms with E-state index >= 15 is 0 Å². The van der Waals surface area contributed by atoms with E-state index in [-0.39, 0.29) is 34.5 Å². The van der Waals surface area contributed by atoms with E-state index in [9.17, 15) is 31.6 Å². The summed E-state index contributed by atoms with van der Waals surface area (Å²) in [7, 11) is -9.22. The van der Waals surface area contributed by atoms with Crippen LogP contribution in [-0.2, 0) is 20.0 Å². The van der Waals surface area contributed by atoms with Crippen LogP contribution in [0.5, 0.6) is 11.5 Å². The summed E-state index contributed by atoms with van der Waals surface area (Å²) in [6.07, 6.45) is 0. The van der Waals surface area contributed by atoms with Gasteiger partial charge in [0.25, 0.3) is 0 Å². The van der Waals surface area contributed by atoms with Gasteiger partial charge in [-0.3, -0.25) is 0 Å². The Morgan fingerprint density at radius 1 is 0.870 bits per heavy atom. The first-order chi connectivity index (χ1) is 10.0. The molecule has 2 aromatic carbocycles. The van der Waals surface area contributed by atoms with Crippen LogP contribution in [0.4, 0.5) is 0 Å². The van der Waals surface area contributed by atoms with Crippen LogP contribution in [0.3, 0.4) is 0 Å². The van der Waals surface area contributed by atoms with E-state index in [4.69, 9.17) is 0 Å². The largest absolute Gasteiger partial charge is 1.00 e. The van der Waals surface area contributed by atoms with Crippen LogP contribution in [0.1, 0.15) is 5.56 Å². The minimum atomic E-state index is -5.04. The molecule has 2 aromatic rings. The predicted octanol–water partition coefficient (Wildman–Crippen LogP) is -1.85. The zero-order chi connectivity index (χ0) is 16.7. The van der Waals surface area contributed by atoms with Gasteiger partial charge in [0.2, 0.25) is 9.84 Å². The first-order valence-electron chi connectivity index (χ1n) is 5.87. The van der Waals surface area contributed by atoms with Crippen molar-refractivity contribution in [3.8, 4) is 11.5 Å². The van der Waals surface area contributed by atoms with Crippen LogP contribution in [0, 0.1) is 6.92 Å². The Kier molecular flexibility index (Phi) is 5.89. The second-order valence-electron chi connectivity index (χ2n) is 4.56. The summed E-state index contributed by atoms with van der Waals surface area (Å²) in [6, 6.07) is 6.65. The molecule has 23 heavy (non-hydrogen) atoms. The number of sulfone groups is 1. The van der Waals surface area contributed by atoms with Crippen molar-refractivity contribution in [1.29, 1.82) is 0 Å². The molecule has 0 amide bonds. The molecule has 0 aliphatic carbocycles. The van der Waals surface area contributed by atoms with Gasteiger partial charge in [0.15, 0.2) is 0 Å². The molecule has 0 aliphatic rings. The minimum Gasteiger partial charge on any atom is -0.744 e. The van der Waals surface area contributed by atoms with Crippen molar-refractivity contribution in [2.24, 2.45) is 0 Å². The summed E-state index contributed by atoms with van der Waals surface area (Å²) >= 11 is 0. The van der Waals surface area contributed by atoms with E-state index in [1.807, 2.05) is 0 Å². The Balaban J connectivity index is 0.00000264. The van der Waals surface area contributed by atoms with Gasteiger partial charge in [0, 0.05) is 12.1 Å². The topological polar surface area (TPSA) is 132 Å². The van der Waals surface area contributed by atoms with Gasteiger partial charge in [-0.15, -0.1) is 0 Å². The van der Waals surface area contributed by atoms with Gasteiger partial charge in [0.05, 0.1) is 9.79 Å². The molecule has 118 valence electrons. The molecule has 0 saturated heterocycles. The number of benzene rings is 2. The van der Waals surface area contributed by atoms with Crippen LogP contribution in [0.25, 0.3) is 0 Å². The monoisotopic (exact) mass is 366 g/mol. The molecule has 0 radical (unpaired) electrons. The van der Waals surface area contributed by atoms with Crippen molar-refractivity contribution in [3.05, 3.63) is 42.0 Å². The summed E-state index contributed by atoms with van der Waals surface area (Å²) in [6.45, 7) is 1.76. The zero-order valence-corrected chi connectivity index (χ0v) is 15.8. The number of phenolic OH excluding ortho intramolecular Hbond substituents is 2. The second kappa shape index (κ2) is 6.80. The normalized spacial score (nSPS) is 11.7. The summed E-state index contributed by atoms with van der Waals surface area (Å²) in [5, 5.41) is 19.3. The number of phenols is 2.